The number of rotatable bonds is 8. The SMILES string of the molecule is C=C(c1cc[nH]c1/C(Cl)=C\F)c1c2c(nn1-c1c(CC)cccc1CC)CCN(c1ncc(C3CC3)cn1)C2. The van der Waals surface area contributed by atoms with Crippen molar-refractivity contribution in [1.82, 2.24) is 24.7 Å². The van der Waals surface area contributed by atoms with Crippen LogP contribution in [0.4, 0.5) is 10.3 Å². The monoisotopic (exact) mass is 542 g/mol. The summed E-state index contributed by atoms with van der Waals surface area (Å²) in [5.74, 6) is 1.34. The zero-order valence-electron chi connectivity index (χ0n) is 22.3. The predicted octanol–water partition coefficient (Wildman–Crippen LogP) is 7.12. The Morgan fingerprint density at radius 2 is 1.87 bits per heavy atom. The Labute approximate surface area is 233 Å². The summed E-state index contributed by atoms with van der Waals surface area (Å²) in [5.41, 5.74) is 9.75. The number of aromatic amines is 1. The van der Waals surface area contributed by atoms with Crippen molar-refractivity contribution in [3.63, 3.8) is 0 Å². The number of nitrogens with one attached hydrogen (secondary N) is 1. The number of H-pyrrole nitrogens is 1. The van der Waals surface area contributed by atoms with Gasteiger partial charge in [0.2, 0.25) is 5.95 Å². The first-order valence-electron chi connectivity index (χ1n) is 13.7. The second-order valence-electron chi connectivity index (χ2n) is 10.3. The minimum absolute atomic E-state index is 0.00469. The van der Waals surface area contributed by atoms with Crippen molar-refractivity contribution < 1.29 is 4.39 Å². The van der Waals surface area contributed by atoms with Crippen LogP contribution in [0.5, 0.6) is 0 Å². The van der Waals surface area contributed by atoms with Gasteiger partial charge in [0, 0.05) is 54.8 Å². The van der Waals surface area contributed by atoms with Gasteiger partial charge >= 0.3 is 0 Å². The Morgan fingerprint density at radius 1 is 1.15 bits per heavy atom. The van der Waals surface area contributed by atoms with Crippen molar-refractivity contribution in [3.8, 4) is 5.69 Å². The quantitative estimate of drug-likeness (QED) is 0.257. The Bertz CT molecular complexity index is 1540. The first kappa shape index (κ1) is 25.6. The van der Waals surface area contributed by atoms with Gasteiger partial charge in [-0.05, 0) is 54.4 Å². The molecule has 0 bridgehead atoms. The first-order valence-corrected chi connectivity index (χ1v) is 14.0. The van der Waals surface area contributed by atoms with Crippen molar-refractivity contribution in [1.29, 1.82) is 0 Å². The van der Waals surface area contributed by atoms with Crippen LogP contribution in [0, 0.1) is 0 Å². The molecule has 1 aromatic carbocycles. The number of aromatic nitrogens is 5. The smallest absolute Gasteiger partial charge is 0.225 e. The summed E-state index contributed by atoms with van der Waals surface area (Å²) in [4.78, 5) is 14.7. The Balaban J connectivity index is 1.49. The number of para-hydroxylation sites is 1. The molecule has 1 saturated carbocycles. The molecule has 0 amide bonds. The van der Waals surface area contributed by atoms with E-state index in [2.05, 4.69) is 53.2 Å². The minimum atomic E-state index is 0.00469. The minimum Gasteiger partial charge on any atom is -0.360 e. The average molecular weight is 543 g/mol. The van der Waals surface area contributed by atoms with Crippen molar-refractivity contribution in [2.45, 2.75) is 58.4 Å². The van der Waals surface area contributed by atoms with E-state index in [1.807, 2.05) is 18.5 Å². The van der Waals surface area contributed by atoms with Crippen LogP contribution in [-0.2, 0) is 25.8 Å². The molecule has 200 valence electrons. The highest BCUT2D eigenvalue weighted by Crippen LogP contribution is 2.40. The summed E-state index contributed by atoms with van der Waals surface area (Å²) in [6, 6.07) is 8.32. The molecule has 1 aliphatic carbocycles. The fourth-order valence-corrected chi connectivity index (χ4v) is 5.78. The topological polar surface area (TPSA) is 62.6 Å². The van der Waals surface area contributed by atoms with Gasteiger partial charge in [-0.2, -0.15) is 5.10 Å². The number of benzene rings is 1. The molecule has 2 aliphatic rings. The second kappa shape index (κ2) is 10.5. The lowest BCUT2D eigenvalue weighted by atomic mass is 9.96. The zero-order chi connectivity index (χ0) is 27.1. The summed E-state index contributed by atoms with van der Waals surface area (Å²) in [7, 11) is 0. The van der Waals surface area contributed by atoms with E-state index >= 15 is 0 Å². The van der Waals surface area contributed by atoms with E-state index < -0.39 is 0 Å². The molecule has 0 atom stereocenters. The van der Waals surface area contributed by atoms with E-state index in [1.54, 1.807) is 6.20 Å². The van der Waals surface area contributed by atoms with Gasteiger partial charge in [0.25, 0.3) is 0 Å². The third-order valence-corrected chi connectivity index (χ3v) is 8.16. The van der Waals surface area contributed by atoms with Gasteiger partial charge in [0.05, 0.1) is 27.8 Å². The molecule has 1 N–H and O–H groups in total. The van der Waals surface area contributed by atoms with Gasteiger partial charge in [-0.25, -0.2) is 19.0 Å². The predicted molar refractivity (Wildman–Crippen MR) is 155 cm³/mol. The molecular weight excluding hydrogens is 511 g/mol. The maximum atomic E-state index is 13.5. The number of fused-ring (bicyclic) bond motifs is 1. The molecule has 0 saturated heterocycles. The number of hydrogen-bond donors (Lipinski definition) is 1. The summed E-state index contributed by atoms with van der Waals surface area (Å²) in [6.07, 6.45) is 11.1. The number of halogens is 2. The van der Waals surface area contributed by atoms with Crippen LogP contribution in [-0.4, -0.2) is 31.3 Å². The van der Waals surface area contributed by atoms with Crippen LogP contribution >= 0.6 is 11.6 Å². The molecule has 6 rings (SSSR count). The molecule has 39 heavy (non-hydrogen) atoms. The molecule has 1 fully saturated rings. The summed E-state index contributed by atoms with van der Waals surface area (Å²) in [5, 5.41) is 5.20. The molecule has 1 aliphatic heterocycles. The maximum absolute atomic E-state index is 13.5. The summed E-state index contributed by atoms with van der Waals surface area (Å²) < 4.78 is 15.6. The number of aryl methyl sites for hydroxylation is 2. The van der Waals surface area contributed by atoms with Crippen LogP contribution in [0.3, 0.4) is 0 Å². The summed E-state index contributed by atoms with van der Waals surface area (Å²) >= 11 is 6.25. The third kappa shape index (κ3) is 4.59. The van der Waals surface area contributed by atoms with E-state index in [4.69, 9.17) is 26.7 Å². The maximum Gasteiger partial charge on any atom is 0.225 e. The van der Waals surface area contributed by atoms with Gasteiger partial charge in [-0.1, -0.05) is 50.2 Å². The van der Waals surface area contributed by atoms with Crippen LogP contribution in [0.15, 0.2) is 55.8 Å². The van der Waals surface area contributed by atoms with E-state index in [9.17, 15) is 4.39 Å². The normalized spacial score (nSPS) is 15.5. The van der Waals surface area contributed by atoms with E-state index in [1.165, 1.54) is 29.5 Å². The molecule has 6 nitrogen and oxygen atoms in total. The van der Waals surface area contributed by atoms with Crippen molar-refractivity contribution >= 4 is 28.2 Å². The van der Waals surface area contributed by atoms with Crippen molar-refractivity contribution in [2.24, 2.45) is 0 Å². The molecule has 3 aromatic heterocycles. The second-order valence-corrected chi connectivity index (χ2v) is 10.7. The fraction of sp³-hybridized carbons (Fsp3) is 0.323. The lowest BCUT2D eigenvalue weighted by Crippen LogP contribution is -2.32. The average Bonchev–Trinajstić information content (AvgIpc) is 3.59. The highest BCUT2D eigenvalue weighted by atomic mass is 35.5. The Morgan fingerprint density at radius 3 is 2.51 bits per heavy atom. The lowest BCUT2D eigenvalue weighted by Gasteiger charge is -2.27. The molecule has 0 spiro atoms. The van der Waals surface area contributed by atoms with Crippen molar-refractivity contribution in [2.75, 3.05) is 11.4 Å². The number of anilines is 1. The molecule has 4 aromatic rings. The van der Waals surface area contributed by atoms with E-state index in [0.29, 0.717) is 24.5 Å². The molecule has 4 heterocycles. The number of nitrogens with zero attached hydrogens (tertiary/aromatic N) is 5. The standard InChI is InChI=1S/C31H32ClFN6/c1-4-20-7-6-8-21(5-2)30(20)39-29(19(3)24-11-13-34-28(24)26(32)15-33)25-18-38(14-12-27(25)37-39)31-35-16-23(17-36-31)22-9-10-22/h6-8,11,13,15-17,22,34H,3-5,9-10,12,14,18H2,1-2H3/b26-15+. The molecule has 0 radical (unpaired) electrons. The highest BCUT2D eigenvalue weighted by molar-refractivity contribution is 6.48. The molecule has 0 unspecified atom stereocenters. The van der Waals surface area contributed by atoms with Crippen molar-refractivity contribution in [3.05, 3.63) is 101 Å². The number of hydrogen-bond acceptors (Lipinski definition) is 4. The third-order valence-electron chi connectivity index (χ3n) is 7.89. The van der Waals surface area contributed by atoms with Gasteiger partial charge in [-0.3, -0.25) is 0 Å². The van der Waals surface area contributed by atoms with Crippen LogP contribution in [0.1, 0.15) is 77.5 Å². The van der Waals surface area contributed by atoms with Gasteiger partial charge < -0.3 is 9.88 Å². The Kier molecular flexibility index (Phi) is 6.85. The lowest BCUT2D eigenvalue weighted by molar-refractivity contribution is 0.693. The summed E-state index contributed by atoms with van der Waals surface area (Å²) in [6.45, 7) is 10.2. The van der Waals surface area contributed by atoms with Gasteiger partial charge in [0.1, 0.15) is 6.33 Å². The first-order chi connectivity index (χ1) is 19.0. The molecule has 8 heteroatoms. The van der Waals surface area contributed by atoms with Crippen LogP contribution in [0.2, 0.25) is 0 Å². The van der Waals surface area contributed by atoms with Gasteiger partial charge in [-0.15, -0.1) is 0 Å². The van der Waals surface area contributed by atoms with E-state index in [-0.39, 0.29) is 5.03 Å². The Hall–Kier alpha value is -3.71. The van der Waals surface area contributed by atoms with Crippen LogP contribution in [0.25, 0.3) is 16.3 Å². The van der Waals surface area contributed by atoms with E-state index in [0.717, 1.165) is 65.5 Å². The fourth-order valence-electron chi connectivity index (χ4n) is 5.63. The largest absolute Gasteiger partial charge is 0.360 e. The molecular formula is C31H32ClFN6. The zero-order valence-corrected chi connectivity index (χ0v) is 23.1. The van der Waals surface area contributed by atoms with Gasteiger partial charge in [0.15, 0.2) is 0 Å². The van der Waals surface area contributed by atoms with Crippen LogP contribution < -0.4 is 4.90 Å². The highest BCUT2D eigenvalue weighted by Gasteiger charge is 2.31.